The summed E-state index contributed by atoms with van der Waals surface area (Å²) < 4.78 is 10.9. The topological polar surface area (TPSA) is 58.9 Å². The van der Waals surface area contributed by atoms with Crippen molar-refractivity contribution < 1.29 is 19.7 Å². The predicted octanol–water partition coefficient (Wildman–Crippen LogP) is 1.88. The summed E-state index contributed by atoms with van der Waals surface area (Å²) in [6.45, 7) is 3.42. The van der Waals surface area contributed by atoms with E-state index in [0.717, 1.165) is 32.1 Å². The first kappa shape index (κ1) is 15.9. The Hall–Kier alpha value is -0.160. The van der Waals surface area contributed by atoms with Crippen LogP contribution in [0.2, 0.25) is 0 Å². The minimum absolute atomic E-state index is 0.0428. The molecule has 0 spiro atoms. The van der Waals surface area contributed by atoms with E-state index in [4.69, 9.17) is 14.6 Å². The van der Waals surface area contributed by atoms with E-state index in [-0.39, 0.29) is 12.7 Å². The van der Waals surface area contributed by atoms with Gasteiger partial charge < -0.3 is 19.7 Å². The number of rotatable bonds is 8. The summed E-state index contributed by atoms with van der Waals surface area (Å²) in [4.78, 5) is 0. The molecule has 0 aromatic rings. The second kappa shape index (κ2) is 8.86. The van der Waals surface area contributed by atoms with Crippen molar-refractivity contribution in [1.29, 1.82) is 0 Å². The van der Waals surface area contributed by atoms with E-state index in [2.05, 4.69) is 6.92 Å². The quantitative estimate of drug-likeness (QED) is 0.517. The van der Waals surface area contributed by atoms with Crippen molar-refractivity contribution in [3.63, 3.8) is 0 Å². The Labute approximate surface area is 110 Å². The number of aliphatic hydroxyl groups excluding tert-OH is 1. The summed E-state index contributed by atoms with van der Waals surface area (Å²) >= 11 is 0. The fraction of sp³-hybridized carbons (Fsp3) is 1.00. The summed E-state index contributed by atoms with van der Waals surface area (Å²) in [5, 5.41) is 19.3. The second-order valence-electron chi connectivity index (χ2n) is 5.12. The normalized spacial score (nSPS) is 21.5. The van der Waals surface area contributed by atoms with Crippen molar-refractivity contribution in [2.75, 3.05) is 26.4 Å². The van der Waals surface area contributed by atoms with Gasteiger partial charge in [0.25, 0.3) is 0 Å². The molecule has 0 radical (unpaired) electrons. The monoisotopic (exact) mass is 260 g/mol. The van der Waals surface area contributed by atoms with Crippen LogP contribution in [0.5, 0.6) is 0 Å². The van der Waals surface area contributed by atoms with E-state index in [1.807, 2.05) is 0 Å². The van der Waals surface area contributed by atoms with Crippen LogP contribution >= 0.6 is 0 Å². The maximum atomic E-state index is 10.7. The van der Waals surface area contributed by atoms with Gasteiger partial charge in [-0.1, -0.05) is 32.6 Å². The van der Waals surface area contributed by atoms with Gasteiger partial charge in [0.05, 0.1) is 38.1 Å². The first-order valence-electron chi connectivity index (χ1n) is 7.25. The first-order chi connectivity index (χ1) is 8.73. The van der Waals surface area contributed by atoms with E-state index in [1.165, 1.54) is 12.8 Å². The summed E-state index contributed by atoms with van der Waals surface area (Å²) in [5.74, 6) is 0. The van der Waals surface area contributed by atoms with Crippen LogP contribution in [-0.4, -0.2) is 48.3 Å². The van der Waals surface area contributed by atoms with Crippen LogP contribution in [0.15, 0.2) is 0 Å². The molecule has 1 rings (SSSR count). The Bertz CT molecular complexity index is 200. The largest absolute Gasteiger partial charge is 0.394 e. The van der Waals surface area contributed by atoms with Crippen LogP contribution in [0, 0.1) is 0 Å². The molecular weight excluding hydrogens is 232 g/mol. The zero-order valence-corrected chi connectivity index (χ0v) is 11.6. The molecule has 0 aromatic carbocycles. The molecule has 4 heteroatoms. The minimum atomic E-state index is -0.651. The number of hydrogen-bond acceptors (Lipinski definition) is 4. The van der Waals surface area contributed by atoms with Crippen LogP contribution in [0.3, 0.4) is 0 Å². The van der Waals surface area contributed by atoms with Crippen molar-refractivity contribution in [3.8, 4) is 0 Å². The van der Waals surface area contributed by atoms with E-state index in [1.54, 1.807) is 0 Å². The number of hydrogen-bond donors (Lipinski definition) is 2. The highest BCUT2D eigenvalue weighted by Gasteiger charge is 2.36. The molecule has 4 nitrogen and oxygen atoms in total. The van der Waals surface area contributed by atoms with Gasteiger partial charge in [-0.25, -0.2) is 0 Å². The lowest BCUT2D eigenvalue weighted by molar-refractivity contribution is -0.126. The highest BCUT2D eigenvalue weighted by Crippen LogP contribution is 2.32. The Morgan fingerprint density at radius 2 is 1.72 bits per heavy atom. The van der Waals surface area contributed by atoms with Gasteiger partial charge in [-0.05, 0) is 19.3 Å². The fourth-order valence-electron chi connectivity index (χ4n) is 2.73. The lowest BCUT2D eigenvalue weighted by Crippen LogP contribution is -2.43. The average molecular weight is 260 g/mol. The number of ether oxygens (including phenoxy) is 2. The van der Waals surface area contributed by atoms with Crippen LogP contribution in [-0.2, 0) is 9.47 Å². The third-order valence-corrected chi connectivity index (χ3v) is 3.72. The summed E-state index contributed by atoms with van der Waals surface area (Å²) in [7, 11) is 0. The molecule has 1 unspecified atom stereocenters. The molecule has 0 aliphatic heterocycles. The lowest BCUT2D eigenvalue weighted by Gasteiger charge is -2.35. The smallest absolute Gasteiger partial charge is 0.0908 e. The van der Waals surface area contributed by atoms with Crippen LogP contribution in [0.4, 0.5) is 0 Å². The maximum Gasteiger partial charge on any atom is 0.0908 e. The first-order valence-corrected chi connectivity index (χ1v) is 7.25. The average Bonchev–Trinajstić information content (AvgIpc) is 2.59. The van der Waals surface area contributed by atoms with Gasteiger partial charge in [-0.3, -0.25) is 0 Å². The zero-order valence-electron chi connectivity index (χ0n) is 11.6. The van der Waals surface area contributed by atoms with E-state index >= 15 is 0 Å². The molecule has 0 heterocycles. The van der Waals surface area contributed by atoms with Crippen molar-refractivity contribution in [2.24, 2.45) is 0 Å². The van der Waals surface area contributed by atoms with Crippen LogP contribution in [0.25, 0.3) is 0 Å². The van der Waals surface area contributed by atoms with Gasteiger partial charge in [0.15, 0.2) is 0 Å². The van der Waals surface area contributed by atoms with Crippen LogP contribution < -0.4 is 0 Å². The molecule has 1 atom stereocenters. The molecule has 0 amide bonds. The van der Waals surface area contributed by atoms with Gasteiger partial charge >= 0.3 is 0 Å². The zero-order chi connectivity index (χ0) is 13.3. The van der Waals surface area contributed by atoms with Gasteiger partial charge in [0.1, 0.15) is 0 Å². The molecule has 1 aliphatic carbocycles. The van der Waals surface area contributed by atoms with Crippen molar-refractivity contribution >= 4 is 0 Å². The Balaban J connectivity index is 2.33. The standard InChI is InChI=1S/C14H28O4/c1-2-13(18-12-11-17-10-9-15)14(16)7-5-3-4-6-8-14/h13,15-16H,2-12H2,1H3. The summed E-state index contributed by atoms with van der Waals surface area (Å²) in [5.41, 5.74) is -0.651. The van der Waals surface area contributed by atoms with Crippen molar-refractivity contribution in [1.82, 2.24) is 0 Å². The predicted molar refractivity (Wildman–Crippen MR) is 70.6 cm³/mol. The molecule has 0 aromatic heterocycles. The summed E-state index contributed by atoms with van der Waals surface area (Å²) in [6.07, 6.45) is 7.07. The second-order valence-corrected chi connectivity index (χ2v) is 5.12. The molecule has 1 saturated carbocycles. The molecule has 0 bridgehead atoms. The Kier molecular flexibility index (Phi) is 7.82. The Morgan fingerprint density at radius 1 is 1.06 bits per heavy atom. The van der Waals surface area contributed by atoms with E-state index < -0.39 is 5.60 Å². The fourth-order valence-corrected chi connectivity index (χ4v) is 2.73. The van der Waals surface area contributed by atoms with Gasteiger partial charge in [-0.2, -0.15) is 0 Å². The summed E-state index contributed by atoms with van der Waals surface area (Å²) in [6, 6.07) is 0. The Morgan fingerprint density at radius 3 is 2.28 bits per heavy atom. The lowest BCUT2D eigenvalue weighted by atomic mass is 9.87. The minimum Gasteiger partial charge on any atom is -0.394 e. The van der Waals surface area contributed by atoms with E-state index in [9.17, 15) is 5.11 Å². The maximum absolute atomic E-state index is 10.7. The molecule has 2 N–H and O–H groups in total. The molecule has 1 aliphatic rings. The van der Waals surface area contributed by atoms with Crippen LogP contribution in [0.1, 0.15) is 51.9 Å². The van der Waals surface area contributed by atoms with Crippen molar-refractivity contribution in [2.45, 2.75) is 63.6 Å². The highest BCUT2D eigenvalue weighted by molar-refractivity contribution is 4.88. The molecule has 0 saturated heterocycles. The third kappa shape index (κ3) is 5.22. The molecule has 18 heavy (non-hydrogen) atoms. The third-order valence-electron chi connectivity index (χ3n) is 3.72. The van der Waals surface area contributed by atoms with Crippen molar-refractivity contribution in [3.05, 3.63) is 0 Å². The highest BCUT2D eigenvalue weighted by atomic mass is 16.5. The molecular formula is C14H28O4. The number of aliphatic hydroxyl groups is 2. The van der Waals surface area contributed by atoms with Gasteiger partial charge in [0.2, 0.25) is 0 Å². The molecule has 1 fully saturated rings. The van der Waals surface area contributed by atoms with Gasteiger partial charge in [0, 0.05) is 0 Å². The molecule has 108 valence electrons. The SMILES string of the molecule is CCC(OCCOCCO)C1(O)CCCCCC1. The van der Waals surface area contributed by atoms with E-state index in [0.29, 0.717) is 19.8 Å². The van der Waals surface area contributed by atoms with Gasteiger partial charge in [-0.15, -0.1) is 0 Å².